The highest BCUT2D eigenvalue weighted by Crippen LogP contribution is 2.24. The number of hydrogen-bond acceptors (Lipinski definition) is 6. The fourth-order valence-electron chi connectivity index (χ4n) is 3.45. The SMILES string of the molecule is Cc1nc(CSc2ccc(C(=O)NCCc3nnc4n3CCCCC4)cc2)cs1. The number of aryl methyl sites for hydroxylation is 2. The van der Waals surface area contributed by atoms with E-state index in [0.717, 1.165) is 46.0 Å². The van der Waals surface area contributed by atoms with E-state index < -0.39 is 0 Å². The average Bonchev–Trinajstić information content (AvgIpc) is 3.24. The van der Waals surface area contributed by atoms with Crippen molar-refractivity contribution in [2.24, 2.45) is 0 Å². The molecule has 6 nitrogen and oxygen atoms in total. The Morgan fingerprint density at radius 1 is 1.21 bits per heavy atom. The maximum Gasteiger partial charge on any atom is 0.251 e. The van der Waals surface area contributed by atoms with Crippen molar-refractivity contribution in [3.63, 3.8) is 0 Å². The summed E-state index contributed by atoms with van der Waals surface area (Å²) in [6.07, 6.45) is 5.33. The van der Waals surface area contributed by atoms with Gasteiger partial charge in [0.15, 0.2) is 0 Å². The molecule has 0 saturated heterocycles. The molecule has 8 heteroatoms. The van der Waals surface area contributed by atoms with Crippen LogP contribution in [0.3, 0.4) is 0 Å². The molecule has 1 N–H and O–H groups in total. The first-order valence-electron chi connectivity index (χ1n) is 10.0. The van der Waals surface area contributed by atoms with Crippen LogP contribution in [0.1, 0.15) is 52.0 Å². The van der Waals surface area contributed by atoms with Crippen LogP contribution < -0.4 is 5.32 Å². The van der Waals surface area contributed by atoms with E-state index in [1.54, 1.807) is 23.1 Å². The number of amides is 1. The van der Waals surface area contributed by atoms with Crippen molar-refractivity contribution in [1.82, 2.24) is 25.1 Å². The monoisotopic (exact) mass is 427 g/mol. The highest BCUT2D eigenvalue weighted by atomic mass is 32.2. The fraction of sp³-hybridized carbons (Fsp3) is 0.429. The molecule has 1 amide bonds. The van der Waals surface area contributed by atoms with Gasteiger partial charge < -0.3 is 9.88 Å². The van der Waals surface area contributed by atoms with Gasteiger partial charge in [-0.15, -0.1) is 33.3 Å². The van der Waals surface area contributed by atoms with Crippen molar-refractivity contribution in [2.75, 3.05) is 6.54 Å². The first-order chi connectivity index (χ1) is 14.2. The van der Waals surface area contributed by atoms with Crippen molar-refractivity contribution < 1.29 is 4.79 Å². The lowest BCUT2D eigenvalue weighted by Gasteiger charge is -2.08. The van der Waals surface area contributed by atoms with Gasteiger partial charge in [-0.2, -0.15) is 0 Å². The van der Waals surface area contributed by atoms with Gasteiger partial charge >= 0.3 is 0 Å². The van der Waals surface area contributed by atoms with Crippen molar-refractivity contribution in [3.8, 4) is 0 Å². The summed E-state index contributed by atoms with van der Waals surface area (Å²) in [7, 11) is 0. The van der Waals surface area contributed by atoms with Gasteiger partial charge in [-0.05, 0) is 44.0 Å². The number of carbonyl (C=O) groups excluding carboxylic acids is 1. The highest BCUT2D eigenvalue weighted by molar-refractivity contribution is 7.98. The standard InChI is InChI=1S/C21H25N5OS2/c1-15-23-17(13-28-15)14-29-18-8-6-16(7-9-18)21(27)22-11-10-20-25-24-19-5-3-2-4-12-26(19)20/h6-9,13H,2-5,10-12,14H2,1H3,(H,22,27). The largest absolute Gasteiger partial charge is 0.352 e. The number of aromatic nitrogens is 4. The molecule has 3 heterocycles. The van der Waals surface area contributed by atoms with E-state index in [1.807, 2.05) is 31.2 Å². The van der Waals surface area contributed by atoms with Gasteiger partial charge in [0.05, 0.1) is 10.7 Å². The molecule has 2 aromatic heterocycles. The van der Waals surface area contributed by atoms with E-state index >= 15 is 0 Å². The number of nitrogens with one attached hydrogen (secondary N) is 1. The third kappa shape index (κ3) is 5.25. The second-order valence-electron chi connectivity index (χ2n) is 7.17. The minimum absolute atomic E-state index is 0.0488. The van der Waals surface area contributed by atoms with Crippen LogP contribution in [0, 0.1) is 6.92 Å². The number of nitrogens with zero attached hydrogens (tertiary/aromatic N) is 4. The van der Waals surface area contributed by atoms with Crippen molar-refractivity contribution >= 4 is 29.0 Å². The predicted octanol–water partition coefficient (Wildman–Crippen LogP) is 4.03. The summed E-state index contributed by atoms with van der Waals surface area (Å²) in [5.41, 5.74) is 1.78. The summed E-state index contributed by atoms with van der Waals surface area (Å²) in [5.74, 6) is 2.86. The Kier molecular flexibility index (Phi) is 6.61. The molecule has 0 aliphatic carbocycles. The molecular weight excluding hydrogens is 402 g/mol. The summed E-state index contributed by atoms with van der Waals surface area (Å²) in [6.45, 7) is 3.58. The quantitative estimate of drug-likeness (QED) is 0.576. The van der Waals surface area contributed by atoms with Crippen LogP contribution >= 0.6 is 23.1 Å². The summed E-state index contributed by atoms with van der Waals surface area (Å²) >= 11 is 3.41. The molecule has 0 saturated carbocycles. The second-order valence-corrected chi connectivity index (χ2v) is 9.28. The van der Waals surface area contributed by atoms with Crippen LogP contribution in [-0.2, 0) is 25.1 Å². The Labute approximate surface area is 179 Å². The van der Waals surface area contributed by atoms with Crippen LogP contribution in [0.25, 0.3) is 0 Å². The van der Waals surface area contributed by atoms with E-state index in [-0.39, 0.29) is 5.91 Å². The van der Waals surface area contributed by atoms with Gasteiger partial charge in [-0.3, -0.25) is 4.79 Å². The molecule has 0 radical (unpaired) electrons. The van der Waals surface area contributed by atoms with Crippen molar-refractivity contribution in [3.05, 3.63) is 57.6 Å². The molecule has 0 unspecified atom stereocenters. The van der Waals surface area contributed by atoms with Crippen LogP contribution in [0.4, 0.5) is 0 Å². The van der Waals surface area contributed by atoms with Crippen molar-refractivity contribution in [1.29, 1.82) is 0 Å². The van der Waals surface area contributed by atoms with E-state index in [9.17, 15) is 4.79 Å². The first-order valence-corrected chi connectivity index (χ1v) is 11.9. The molecule has 0 fully saturated rings. The molecule has 1 aliphatic heterocycles. The van der Waals surface area contributed by atoms with Crippen LogP contribution in [0.5, 0.6) is 0 Å². The number of rotatable bonds is 7. The van der Waals surface area contributed by atoms with Crippen LogP contribution in [0.15, 0.2) is 34.5 Å². The third-order valence-corrected chi connectivity index (χ3v) is 6.86. The molecule has 3 aromatic rings. The Morgan fingerprint density at radius 2 is 2.07 bits per heavy atom. The summed E-state index contributed by atoms with van der Waals surface area (Å²) in [6, 6.07) is 7.76. The fourth-order valence-corrected chi connectivity index (χ4v) is 4.96. The number of fused-ring (bicyclic) bond motifs is 1. The normalized spacial score (nSPS) is 13.7. The molecule has 4 rings (SSSR count). The lowest BCUT2D eigenvalue weighted by Crippen LogP contribution is -2.26. The van der Waals surface area contributed by atoms with Gasteiger partial charge in [0, 0.05) is 47.5 Å². The van der Waals surface area contributed by atoms with Gasteiger partial charge in [0.1, 0.15) is 11.6 Å². The van der Waals surface area contributed by atoms with Gasteiger partial charge in [-0.25, -0.2) is 4.98 Å². The number of thioether (sulfide) groups is 1. The zero-order valence-electron chi connectivity index (χ0n) is 16.6. The van der Waals surface area contributed by atoms with Crippen LogP contribution in [0.2, 0.25) is 0 Å². The van der Waals surface area contributed by atoms with Crippen LogP contribution in [-0.4, -0.2) is 32.2 Å². The van der Waals surface area contributed by atoms with Crippen molar-refractivity contribution in [2.45, 2.75) is 56.2 Å². The molecule has 0 atom stereocenters. The highest BCUT2D eigenvalue weighted by Gasteiger charge is 2.14. The summed E-state index contributed by atoms with van der Waals surface area (Å²) in [4.78, 5) is 18.1. The Bertz CT molecular complexity index is 964. The topological polar surface area (TPSA) is 72.7 Å². The zero-order chi connectivity index (χ0) is 20.1. The molecular formula is C21H25N5OS2. The van der Waals surface area contributed by atoms with E-state index in [4.69, 9.17) is 0 Å². The van der Waals surface area contributed by atoms with Gasteiger partial charge in [0.25, 0.3) is 5.91 Å². The minimum atomic E-state index is -0.0488. The Hall–Kier alpha value is -2.19. The number of benzene rings is 1. The van der Waals surface area contributed by atoms with E-state index in [2.05, 4.69) is 30.4 Å². The van der Waals surface area contributed by atoms with Gasteiger partial charge in [-0.1, -0.05) is 6.42 Å². The summed E-state index contributed by atoms with van der Waals surface area (Å²) in [5, 5.41) is 14.8. The Morgan fingerprint density at radius 3 is 2.86 bits per heavy atom. The smallest absolute Gasteiger partial charge is 0.251 e. The second kappa shape index (κ2) is 9.54. The maximum absolute atomic E-state index is 12.4. The number of carbonyl (C=O) groups is 1. The molecule has 152 valence electrons. The third-order valence-electron chi connectivity index (χ3n) is 4.99. The summed E-state index contributed by atoms with van der Waals surface area (Å²) < 4.78 is 2.23. The minimum Gasteiger partial charge on any atom is -0.352 e. The zero-order valence-corrected chi connectivity index (χ0v) is 18.2. The molecule has 0 spiro atoms. The van der Waals surface area contributed by atoms with E-state index in [0.29, 0.717) is 18.5 Å². The molecule has 29 heavy (non-hydrogen) atoms. The number of hydrogen-bond donors (Lipinski definition) is 1. The first kappa shape index (κ1) is 20.1. The lowest BCUT2D eigenvalue weighted by atomic mass is 10.2. The van der Waals surface area contributed by atoms with E-state index in [1.165, 1.54) is 19.3 Å². The average molecular weight is 428 g/mol. The van der Waals surface area contributed by atoms with Gasteiger partial charge in [0.2, 0.25) is 0 Å². The molecule has 0 bridgehead atoms. The molecule has 1 aromatic carbocycles. The lowest BCUT2D eigenvalue weighted by molar-refractivity contribution is 0.0954. The Balaban J connectivity index is 1.26. The number of thiazole rings is 1. The maximum atomic E-state index is 12.4. The molecule has 1 aliphatic rings. The predicted molar refractivity (Wildman–Crippen MR) is 116 cm³/mol.